The maximum Gasteiger partial charge on any atom is 0.191 e. The van der Waals surface area contributed by atoms with E-state index in [1.165, 1.54) is 23.9 Å². The summed E-state index contributed by atoms with van der Waals surface area (Å²) in [7, 11) is -3.54. The summed E-state index contributed by atoms with van der Waals surface area (Å²) in [6.45, 7) is 2.51. The van der Waals surface area contributed by atoms with Crippen molar-refractivity contribution < 1.29 is 8.42 Å². The maximum atomic E-state index is 12.6. The summed E-state index contributed by atoms with van der Waals surface area (Å²) in [5.41, 5.74) is 1.13. The fourth-order valence-corrected chi connectivity index (χ4v) is 5.93. The van der Waals surface area contributed by atoms with Crippen molar-refractivity contribution in [3.63, 3.8) is 0 Å². The van der Waals surface area contributed by atoms with Gasteiger partial charge in [0.05, 0.1) is 22.2 Å². The van der Waals surface area contributed by atoms with Crippen LogP contribution in [-0.2, 0) is 16.4 Å². The topological polar surface area (TPSA) is 64.8 Å². The van der Waals surface area contributed by atoms with E-state index in [-0.39, 0.29) is 15.7 Å². The molecule has 0 aliphatic heterocycles. The van der Waals surface area contributed by atoms with E-state index < -0.39 is 9.84 Å². The molecule has 27 heavy (non-hydrogen) atoms. The van der Waals surface area contributed by atoms with E-state index in [0.717, 1.165) is 11.4 Å². The summed E-state index contributed by atoms with van der Waals surface area (Å²) in [5.74, 6) is 1.04. The van der Waals surface area contributed by atoms with Gasteiger partial charge in [-0.1, -0.05) is 65.3 Å². The van der Waals surface area contributed by atoms with Crippen LogP contribution in [0.1, 0.15) is 11.4 Å². The molecule has 5 nitrogen and oxygen atoms in total. The van der Waals surface area contributed by atoms with Crippen LogP contribution < -0.4 is 0 Å². The largest absolute Gasteiger partial charge is 0.302 e. The second kappa shape index (κ2) is 8.65. The third kappa shape index (κ3) is 5.04. The van der Waals surface area contributed by atoms with Crippen LogP contribution in [0.4, 0.5) is 0 Å². The van der Waals surface area contributed by atoms with Gasteiger partial charge in [-0.25, -0.2) is 8.42 Å². The molecule has 142 valence electrons. The van der Waals surface area contributed by atoms with Crippen molar-refractivity contribution in [2.45, 2.75) is 23.5 Å². The van der Waals surface area contributed by atoms with Gasteiger partial charge in [0.15, 0.2) is 15.0 Å². The predicted molar refractivity (Wildman–Crippen MR) is 110 cm³/mol. The molecule has 0 N–H and O–H groups in total. The van der Waals surface area contributed by atoms with Gasteiger partial charge < -0.3 is 4.57 Å². The molecule has 0 amide bonds. The number of benzene rings is 2. The molecular formula is C18H17Cl2N3O2S2. The lowest BCUT2D eigenvalue weighted by atomic mass is 10.2. The molecule has 3 rings (SSSR count). The summed E-state index contributed by atoms with van der Waals surface area (Å²) in [4.78, 5) is 0.0548. The Labute approximate surface area is 172 Å². The van der Waals surface area contributed by atoms with Gasteiger partial charge in [-0.05, 0) is 30.7 Å². The minimum atomic E-state index is -3.54. The van der Waals surface area contributed by atoms with Crippen molar-refractivity contribution >= 4 is 44.8 Å². The first-order chi connectivity index (χ1) is 12.9. The van der Waals surface area contributed by atoms with Crippen LogP contribution >= 0.6 is 35.0 Å². The van der Waals surface area contributed by atoms with Crippen molar-refractivity contribution in [2.24, 2.45) is 0 Å². The quantitative estimate of drug-likeness (QED) is 0.504. The first-order valence-electron chi connectivity index (χ1n) is 8.11. The Kier molecular flexibility index (Phi) is 6.47. The van der Waals surface area contributed by atoms with Gasteiger partial charge in [-0.15, -0.1) is 10.2 Å². The number of halogens is 2. The Bertz CT molecular complexity index is 1040. The first-order valence-corrected chi connectivity index (χ1v) is 11.5. The lowest BCUT2D eigenvalue weighted by molar-refractivity contribution is 0.597. The summed E-state index contributed by atoms with van der Waals surface area (Å²) in [6, 6.07) is 14.4. The van der Waals surface area contributed by atoms with E-state index in [1.54, 1.807) is 6.07 Å². The van der Waals surface area contributed by atoms with E-state index in [9.17, 15) is 8.42 Å². The number of thioether (sulfide) groups is 1. The van der Waals surface area contributed by atoms with Crippen LogP contribution in [-0.4, -0.2) is 34.7 Å². The van der Waals surface area contributed by atoms with Crippen LogP contribution in [0.25, 0.3) is 0 Å². The number of aromatic nitrogens is 3. The highest BCUT2D eigenvalue weighted by Gasteiger charge is 2.19. The molecule has 1 heterocycles. The average Bonchev–Trinajstić information content (AvgIpc) is 2.98. The molecule has 0 fully saturated rings. The molecule has 0 spiro atoms. The highest BCUT2D eigenvalue weighted by molar-refractivity contribution is 8.00. The summed E-state index contributed by atoms with van der Waals surface area (Å²) in [5, 5.41) is 9.48. The van der Waals surface area contributed by atoms with Crippen LogP contribution in [0.5, 0.6) is 0 Å². The molecule has 0 saturated heterocycles. The first kappa shape index (κ1) is 20.2. The van der Waals surface area contributed by atoms with E-state index in [1.807, 2.05) is 41.8 Å². The molecule has 0 unspecified atom stereocenters. The fourth-order valence-electron chi connectivity index (χ4n) is 2.48. The van der Waals surface area contributed by atoms with E-state index >= 15 is 0 Å². The van der Waals surface area contributed by atoms with Gasteiger partial charge >= 0.3 is 0 Å². The Morgan fingerprint density at radius 1 is 1.07 bits per heavy atom. The molecule has 0 radical (unpaired) electrons. The van der Waals surface area contributed by atoms with Gasteiger partial charge in [0.2, 0.25) is 0 Å². The zero-order valence-electron chi connectivity index (χ0n) is 14.5. The maximum absolute atomic E-state index is 12.6. The van der Waals surface area contributed by atoms with Crippen molar-refractivity contribution in [3.05, 3.63) is 70.0 Å². The van der Waals surface area contributed by atoms with Gasteiger partial charge in [0.1, 0.15) is 5.82 Å². The minimum absolute atomic E-state index is 0.0548. The average molecular weight is 442 g/mol. The molecular weight excluding hydrogens is 425 g/mol. The third-order valence-electron chi connectivity index (χ3n) is 3.90. The molecule has 0 bridgehead atoms. The molecule has 0 atom stereocenters. The van der Waals surface area contributed by atoms with E-state index in [2.05, 4.69) is 10.2 Å². The molecule has 2 aromatic carbocycles. The predicted octanol–water partition coefficient (Wildman–Crippen LogP) is 4.51. The SMILES string of the molecule is Cc1nnc(SCCS(=O)(=O)c2cc(Cl)ccc2Cl)n1Cc1ccccc1. The standard InChI is InChI=1S/C18H17Cl2N3O2S2/c1-13-21-22-18(23(13)12-14-5-3-2-4-6-14)26-9-10-27(24,25)17-11-15(19)7-8-16(17)20/h2-8,11H,9-10,12H2,1H3. The van der Waals surface area contributed by atoms with Gasteiger partial charge in [0.25, 0.3) is 0 Å². The van der Waals surface area contributed by atoms with Crippen molar-refractivity contribution in [1.29, 1.82) is 0 Å². The number of nitrogens with zero attached hydrogens (tertiary/aromatic N) is 3. The van der Waals surface area contributed by atoms with Gasteiger partial charge in [-0.3, -0.25) is 0 Å². The van der Waals surface area contributed by atoms with Crippen molar-refractivity contribution in [3.8, 4) is 0 Å². The Hall–Kier alpha value is -1.54. The monoisotopic (exact) mass is 441 g/mol. The lowest BCUT2D eigenvalue weighted by Crippen LogP contribution is -2.10. The molecule has 0 saturated carbocycles. The Balaban J connectivity index is 1.70. The number of aryl methyl sites for hydroxylation is 1. The Morgan fingerprint density at radius 3 is 2.56 bits per heavy atom. The number of sulfone groups is 1. The second-order valence-electron chi connectivity index (χ2n) is 5.84. The number of hydrogen-bond donors (Lipinski definition) is 0. The third-order valence-corrected chi connectivity index (χ3v) is 7.55. The molecule has 9 heteroatoms. The normalized spacial score (nSPS) is 11.7. The van der Waals surface area contributed by atoms with Gasteiger partial charge in [0, 0.05) is 10.8 Å². The highest BCUT2D eigenvalue weighted by Crippen LogP contribution is 2.27. The van der Waals surface area contributed by atoms with Crippen LogP contribution in [0.15, 0.2) is 58.6 Å². The Morgan fingerprint density at radius 2 is 1.81 bits per heavy atom. The molecule has 1 aromatic heterocycles. The summed E-state index contributed by atoms with van der Waals surface area (Å²) < 4.78 is 27.1. The smallest absolute Gasteiger partial charge is 0.191 e. The summed E-state index contributed by atoms with van der Waals surface area (Å²) in [6.07, 6.45) is 0. The zero-order valence-corrected chi connectivity index (χ0v) is 17.6. The van der Waals surface area contributed by atoms with Crippen LogP contribution in [0.2, 0.25) is 10.0 Å². The number of rotatable bonds is 7. The summed E-state index contributed by atoms with van der Waals surface area (Å²) >= 11 is 13.3. The minimum Gasteiger partial charge on any atom is -0.302 e. The fraction of sp³-hybridized carbons (Fsp3) is 0.222. The highest BCUT2D eigenvalue weighted by atomic mass is 35.5. The van der Waals surface area contributed by atoms with Crippen molar-refractivity contribution in [2.75, 3.05) is 11.5 Å². The molecule has 0 aliphatic rings. The lowest BCUT2D eigenvalue weighted by Gasteiger charge is -2.09. The zero-order chi connectivity index (χ0) is 19.4. The molecule has 0 aliphatic carbocycles. The van der Waals surface area contributed by atoms with Crippen LogP contribution in [0, 0.1) is 6.92 Å². The van der Waals surface area contributed by atoms with E-state index in [0.29, 0.717) is 22.5 Å². The van der Waals surface area contributed by atoms with Crippen LogP contribution in [0.3, 0.4) is 0 Å². The molecule has 3 aromatic rings. The van der Waals surface area contributed by atoms with Gasteiger partial charge in [-0.2, -0.15) is 0 Å². The van der Waals surface area contributed by atoms with E-state index in [4.69, 9.17) is 23.2 Å². The number of hydrogen-bond acceptors (Lipinski definition) is 5. The van der Waals surface area contributed by atoms with Crippen molar-refractivity contribution in [1.82, 2.24) is 14.8 Å². The second-order valence-corrected chi connectivity index (χ2v) is 9.83.